The van der Waals surface area contributed by atoms with E-state index in [4.69, 9.17) is 4.98 Å². The molecule has 2 rings (SSSR count). The van der Waals surface area contributed by atoms with Gasteiger partial charge in [-0.2, -0.15) is 0 Å². The van der Waals surface area contributed by atoms with Crippen molar-refractivity contribution in [3.8, 4) is 0 Å². The number of rotatable bonds is 8. The van der Waals surface area contributed by atoms with Crippen LogP contribution in [0.25, 0.3) is 11.0 Å². The van der Waals surface area contributed by atoms with E-state index in [1.54, 1.807) is 0 Å². The van der Waals surface area contributed by atoms with Crippen LogP contribution in [0.3, 0.4) is 0 Å². The number of aromatic nitrogens is 2. The second kappa shape index (κ2) is 7.60. The molecule has 0 spiro atoms. The van der Waals surface area contributed by atoms with Gasteiger partial charge in [-0.05, 0) is 43.9 Å². The van der Waals surface area contributed by atoms with Crippen LogP contribution in [0, 0.1) is 5.92 Å². The maximum absolute atomic E-state index is 4.81. The molecule has 0 aliphatic heterocycles. The molecular formula is C18H29N3. The first-order chi connectivity index (χ1) is 10.1. The van der Waals surface area contributed by atoms with Gasteiger partial charge in [-0.1, -0.05) is 32.9 Å². The van der Waals surface area contributed by atoms with Gasteiger partial charge in [0.15, 0.2) is 0 Å². The molecule has 1 unspecified atom stereocenters. The van der Waals surface area contributed by atoms with Crippen molar-refractivity contribution < 1.29 is 0 Å². The summed E-state index contributed by atoms with van der Waals surface area (Å²) in [6.07, 6.45) is 4.69. The minimum absolute atomic E-state index is 0.530. The zero-order valence-corrected chi connectivity index (χ0v) is 13.9. The summed E-state index contributed by atoms with van der Waals surface area (Å²) < 4.78 is 2.24. The summed E-state index contributed by atoms with van der Waals surface area (Å²) in [6.45, 7) is 7.91. The highest BCUT2D eigenvalue weighted by Gasteiger charge is 2.14. The summed E-state index contributed by atoms with van der Waals surface area (Å²) in [7, 11) is 2.13. The molecule has 21 heavy (non-hydrogen) atoms. The van der Waals surface area contributed by atoms with Crippen molar-refractivity contribution in [1.29, 1.82) is 0 Å². The monoisotopic (exact) mass is 287 g/mol. The Bertz CT molecular complexity index is 557. The summed E-state index contributed by atoms with van der Waals surface area (Å²) >= 11 is 0. The van der Waals surface area contributed by atoms with Crippen molar-refractivity contribution in [1.82, 2.24) is 14.9 Å². The molecule has 1 aromatic heterocycles. The average molecular weight is 287 g/mol. The second-order valence-corrected chi connectivity index (χ2v) is 6.40. The van der Waals surface area contributed by atoms with Gasteiger partial charge in [0.1, 0.15) is 5.82 Å². The van der Waals surface area contributed by atoms with E-state index in [0.29, 0.717) is 6.04 Å². The van der Waals surface area contributed by atoms with E-state index in [9.17, 15) is 0 Å². The summed E-state index contributed by atoms with van der Waals surface area (Å²) in [4.78, 5) is 4.81. The minimum Gasteiger partial charge on any atom is -0.331 e. The van der Waals surface area contributed by atoms with Crippen LogP contribution in [-0.2, 0) is 13.5 Å². The normalized spacial score (nSPS) is 13.2. The molecule has 1 heterocycles. The van der Waals surface area contributed by atoms with E-state index < -0.39 is 0 Å². The Hall–Kier alpha value is -1.35. The van der Waals surface area contributed by atoms with Gasteiger partial charge >= 0.3 is 0 Å². The molecule has 1 atom stereocenters. The van der Waals surface area contributed by atoms with E-state index in [2.05, 4.69) is 62.0 Å². The van der Waals surface area contributed by atoms with E-state index in [0.717, 1.165) is 24.4 Å². The first kappa shape index (κ1) is 16.0. The SMILES string of the molecule is CCCNC(CCC(C)C)Cc1nc2ccccc2n1C. The molecule has 0 saturated heterocycles. The number of hydrogen-bond donors (Lipinski definition) is 1. The van der Waals surface area contributed by atoms with Crippen LogP contribution in [0.15, 0.2) is 24.3 Å². The fourth-order valence-corrected chi connectivity index (χ4v) is 2.76. The van der Waals surface area contributed by atoms with Gasteiger partial charge in [0, 0.05) is 19.5 Å². The highest BCUT2D eigenvalue weighted by atomic mass is 15.1. The van der Waals surface area contributed by atoms with Crippen molar-refractivity contribution in [2.24, 2.45) is 13.0 Å². The van der Waals surface area contributed by atoms with E-state index in [1.807, 2.05) is 0 Å². The van der Waals surface area contributed by atoms with Crippen molar-refractivity contribution in [3.63, 3.8) is 0 Å². The Balaban J connectivity index is 2.11. The molecule has 116 valence electrons. The molecule has 1 aromatic carbocycles. The number of nitrogens with zero attached hydrogens (tertiary/aromatic N) is 2. The zero-order valence-electron chi connectivity index (χ0n) is 13.9. The number of para-hydroxylation sites is 2. The topological polar surface area (TPSA) is 29.9 Å². The molecule has 0 saturated carbocycles. The molecule has 2 aromatic rings. The summed E-state index contributed by atoms with van der Waals surface area (Å²) in [6, 6.07) is 8.92. The van der Waals surface area contributed by atoms with Crippen LogP contribution in [0.2, 0.25) is 0 Å². The molecule has 0 aliphatic rings. The number of fused-ring (bicyclic) bond motifs is 1. The largest absolute Gasteiger partial charge is 0.331 e. The molecule has 0 bridgehead atoms. The Morgan fingerprint density at radius 1 is 1.19 bits per heavy atom. The fraction of sp³-hybridized carbons (Fsp3) is 0.611. The number of imidazole rings is 1. The van der Waals surface area contributed by atoms with Crippen molar-refractivity contribution in [2.75, 3.05) is 6.54 Å². The molecule has 0 amide bonds. The lowest BCUT2D eigenvalue weighted by molar-refractivity contribution is 0.420. The van der Waals surface area contributed by atoms with Gasteiger partial charge < -0.3 is 9.88 Å². The maximum atomic E-state index is 4.81. The molecule has 0 aliphatic carbocycles. The van der Waals surface area contributed by atoms with Gasteiger partial charge in [0.05, 0.1) is 11.0 Å². The zero-order chi connectivity index (χ0) is 15.2. The molecule has 0 fully saturated rings. The third-order valence-corrected chi connectivity index (χ3v) is 4.08. The lowest BCUT2D eigenvalue weighted by Crippen LogP contribution is -2.33. The minimum atomic E-state index is 0.530. The van der Waals surface area contributed by atoms with Crippen LogP contribution in [0.5, 0.6) is 0 Å². The van der Waals surface area contributed by atoms with Crippen LogP contribution in [0.1, 0.15) is 45.9 Å². The van der Waals surface area contributed by atoms with E-state index >= 15 is 0 Å². The lowest BCUT2D eigenvalue weighted by Gasteiger charge is -2.19. The van der Waals surface area contributed by atoms with E-state index in [1.165, 1.54) is 30.6 Å². The van der Waals surface area contributed by atoms with Gasteiger partial charge in [0.25, 0.3) is 0 Å². The van der Waals surface area contributed by atoms with Crippen molar-refractivity contribution in [2.45, 2.75) is 52.5 Å². The third-order valence-electron chi connectivity index (χ3n) is 4.08. The third kappa shape index (κ3) is 4.31. The summed E-state index contributed by atoms with van der Waals surface area (Å²) in [5.74, 6) is 1.95. The number of aryl methyl sites for hydroxylation is 1. The molecule has 3 heteroatoms. The lowest BCUT2D eigenvalue weighted by atomic mass is 10.0. The van der Waals surface area contributed by atoms with Crippen molar-refractivity contribution >= 4 is 11.0 Å². The molecule has 0 radical (unpaired) electrons. The first-order valence-corrected chi connectivity index (χ1v) is 8.25. The predicted molar refractivity (Wildman–Crippen MR) is 90.6 cm³/mol. The Morgan fingerprint density at radius 3 is 2.62 bits per heavy atom. The number of hydrogen-bond acceptors (Lipinski definition) is 2. The second-order valence-electron chi connectivity index (χ2n) is 6.40. The highest BCUT2D eigenvalue weighted by Crippen LogP contribution is 2.17. The number of nitrogens with one attached hydrogen (secondary N) is 1. The summed E-state index contributed by atoms with van der Waals surface area (Å²) in [5, 5.41) is 3.69. The Kier molecular flexibility index (Phi) is 5.80. The standard InChI is InChI=1S/C18H29N3/c1-5-12-19-15(11-10-14(2)3)13-18-20-16-8-6-7-9-17(16)21(18)4/h6-9,14-15,19H,5,10-13H2,1-4H3. The van der Waals surface area contributed by atoms with Crippen LogP contribution in [-0.4, -0.2) is 22.1 Å². The fourth-order valence-electron chi connectivity index (χ4n) is 2.76. The average Bonchev–Trinajstić information content (AvgIpc) is 2.78. The van der Waals surface area contributed by atoms with Crippen molar-refractivity contribution in [3.05, 3.63) is 30.1 Å². The van der Waals surface area contributed by atoms with Crippen LogP contribution in [0.4, 0.5) is 0 Å². The van der Waals surface area contributed by atoms with Gasteiger partial charge in [-0.15, -0.1) is 0 Å². The Morgan fingerprint density at radius 2 is 1.95 bits per heavy atom. The van der Waals surface area contributed by atoms with Crippen LogP contribution < -0.4 is 5.32 Å². The molecule has 1 N–H and O–H groups in total. The van der Waals surface area contributed by atoms with Crippen LogP contribution >= 0.6 is 0 Å². The van der Waals surface area contributed by atoms with Gasteiger partial charge in [-0.25, -0.2) is 4.98 Å². The highest BCUT2D eigenvalue weighted by molar-refractivity contribution is 5.75. The maximum Gasteiger partial charge on any atom is 0.111 e. The van der Waals surface area contributed by atoms with Gasteiger partial charge in [0.2, 0.25) is 0 Å². The quantitative estimate of drug-likeness (QED) is 0.797. The summed E-state index contributed by atoms with van der Waals surface area (Å²) in [5.41, 5.74) is 2.33. The van der Waals surface area contributed by atoms with Gasteiger partial charge in [-0.3, -0.25) is 0 Å². The number of benzene rings is 1. The molecular weight excluding hydrogens is 258 g/mol. The smallest absolute Gasteiger partial charge is 0.111 e. The Labute approximate surface area is 128 Å². The first-order valence-electron chi connectivity index (χ1n) is 8.25. The van der Waals surface area contributed by atoms with E-state index in [-0.39, 0.29) is 0 Å². The molecule has 3 nitrogen and oxygen atoms in total. The predicted octanol–water partition coefficient (Wildman–Crippen LogP) is 3.92.